The largest absolute Gasteiger partial charge is 0.481 e. The van der Waals surface area contributed by atoms with Gasteiger partial charge in [-0.3, -0.25) is 14.4 Å². The summed E-state index contributed by atoms with van der Waals surface area (Å²) < 4.78 is 0. The molecule has 0 aliphatic carbocycles. The van der Waals surface area contributed by atoms with Gasteiger partial charge in [-0.15, -0.1) is 11.3 Å². The fraction of sp³-hybridized carbons (Fsp3) is 0.462. The van der Waals surface area contributed by atoms with Crippen LogP contribution in [0.25, 0.3) is 0 Å². The summed E-state index contributed by atoms with van der Waals surface area (Å²) in [5.41, 5.74) is 0. The third-order valence-electron chi connectivity index (χ3n) is 2.66. The lowest BCUT2D eigenvalue weighted by Crippen LogP contribution is -2.38. The third kappa shape index (κ3) is 5.83. The van der Waals surface area contributed by atoms with Crippen molar-refractivity contribution in [2.24, 2.45) is 0 Å². The standard InChI is InChI=1S/C13H18N2O4S/c1-2-9(8-12(17)18)15-11(16)5-6-14-13(19)10-4-3-7-20-10/h3-4,7,9H,2,5-6,8H2,1H3,(H,14,19)(H,15,16)(H,17,18). The first-order valence-electron chi connectivity index (χ1n) is 6.35. The topological polar surface area (TPSA) is 95.5 Å². The van der Waals surface area contributed by atoms with Crippen molar-refractivity contribution in [2.45, 2.75) is 32.2 Å². The summed E-state index contributed by atoms with van der Waals surface area (Å²) in [5.74, 6) is -1.40. The maximum Gasteiger partial charge on any atom is 0.305 e. The van der Waals surface area contributed by atoms with E-state index >= 15 is 0 Å². The Bertz CT molecular complexity index is 459. The molecule has 0 aromatic carbocycles. The number of carboxylic acid groups (broad SMARTS) is 1. The lowest BCUT2D eigenvalue weighted by Gasteiger charge is -2.14. The predicted molar refractivity (Wildman–Crippen MR) is 75.7 cm³/mol. The summed E-state index contributed by atoms with van der Waals surface area (Å²) in [4.78, 5) is 34.4. The van der Waals surface area contributed by atoms with Gasteiger partial charge in [-0.1, -0.05) is 13.0 Å². The molecule has 1 aromatic rings. The Morgan fingerprint density at radius 2 is 2.15 bits per heavy atom. The smallest absolute Gasteiger partial charge is 0.305 e. The van der Waals surface area contributed by atoms with Crippen LogP contribution in [-0.4, -0.2) is 35.5 Å². The van der Waals surface area contributed by atoms with Crippen LogP contribution in [0, 0.1) is 0 Å². The second-order valence-electron chi connectivity index (χ2n) is 4.25. The minimum absolute atomic E-state index is 0.0935. The molecule has 3 N–H and O–H groups in total. The molecular weight excluding hydrogens is 280 g/mol. The fourth-order valence-electron chi connectivity index (χ4n) is 1.59. The van der Waals surface area contributed by atoms with E-state index in [9.17, 15) is 14.4 Å². The van der Waals surface area contributed by atoms with Gasteiger partial charge in [-0.05, 0) is 17.9 Å². The molecule has 0 bridgehead atoms. The number of hydrogen-bond donors (Lipinski definition) is 3. The number of carbonyl (C=O) groups excluding carboxylic acids is 2. The maximum atomic E-state index is 11.6. The lowest BCUT2D eigenvalue weighted by molar-refractivity contribution is -0.137. The van der Waals surface area contributed by atoms with Crippen LogP contribution in [0.3, 0.4) is 0 Å². The van der Waals surface area contributed by atoms with Crippen molar-refractivity contribution in [1.29, 1.82) is 0 Å². The van der Waals surface area contributed by atoms with Gasteiger partial charge in [0, 0.05) is 19.0 Å². The van der Waals surface area contributed by atoms with Crippen molar-refractivity contribution in [3.8, 4) is 0 Å². The number of amides is 2. The highest BCUT2D eigenvalue weighted by Gasteiger charge is 2.14. The van der Waals surface area contributed by atoms with Crippen molar-refractivity contribution in [3.63, 3.8) is 0 Å². The molecule has 0 radical (unpaired) electrons. The number of thiophene rings is 1. The second-order valence-corrected chi connectivity index (χ2v) is 5.20. The van der Waals surface area contributed by atoms with Gasteiger partial charge in [-0.2, -0.15) is 0 Å². The SMILES string of the molecule is CCC(CC(=O)O)NC(=O)CCNC(=O)c1cccs1. The highest BCUT2D eigenvalue weighted by molar-refractivity contribution is 7.12. The molecule has 0 fully saturated rings. The van der Waals surface area contributed by atoms with Crippen LogP contribution < -0.4 is 10.6 Å². The van der Waals surface area contributed by atoms with E-state index < -0.39 is 5.97 Å². The predicted octanol–water partition coefficient (Wildman–Crippen LogP) is 1.24. The summed E-state index contributed by atoms with van der Waals surface area (Å²) in [6.07, 6.45) is 0.594. The molecule has 1 rings (SSSR count). The van der Waals surface area contributed by atoms with Crippen molar-refractivity contribution >= 4 is 29.1 Å². The van der Waals surface area contributed by atoms with Gasteiger partial charge >= 0.3 is 5.97 Å². The Morgan fingerprint density at radius 3 is 2.70 bits per heavy atom. The second kappa shape index (κ2) is 8.31. The summed E-state index contributed by atoms with van der Waals surface area (Å²) >= 11 is 1.33. The van der Waals surface area contributed by atoms with Gasteiger partial charge in [0.25, 0.3) is 5.91 Å². The summed E-state index contributed by atoms with van der Waals surface area (Å²) in [6.45, 7) is 2.04. The van der Waals surface area contributed by atoms with E-state index in [1.54, 1.807) is 17.5 Å². The summed E-state index contributed by atoms with van der Waals surface area (Å²) in [7, 11) is 0. The van der Waals surface area contributed by atoms with Crippen LogP contribution in [-0.2, 0) is 9.59 Å². The Labute approximate surface area is 121 Å². The van der Waals surface area contributed by atoms with E-state index in [0.29, 0.717) is 11.3 Å². The highest BCUT2D eigenvalue weighted by Crippen LogP contribution is 2.07. The molecule has 1 aromatic heterocycles. The molecule has 1 heterocycles. The fourth-order valence-corrected chi connectivity index (χ4v) is 2.23. The van der Waals surface area contributed by atoms with Gasteiger partial charge in [0.1, 0.15) is 0 Å². The molecule has 110 valence electrons. The Hall–Kier alpha value is -1.89. The number of hydrogen-bond acceptors (Lipinski definition) is 4. The van der Waals surface area contributed by atoms with Crippen LogP contribution in [0.1, 0.15) is 35.9 Å². The minimum atomic E-state index is -0.942. The van der Waals surface area contributed by atoms with E-state index in [0.717, 1.165) is 0 Å². The summed E-state index contributed by atoms with van der Waals surface area (Å²) in [6, 6.07) is 3.12. The van der Waals surface area contributed by atoms with Crippen molar-refractivity contribution < 1.29 is 19.5 Å². The molecule has 0 saturated carbocycles. The van der Waals surface area contributed by atoms with Crippen LogP contribution in [0.4, 0.5) is 0 Å². The zero-order chi connectivity index (χ0) is 15.0. The van der Waals surface area contributed by atoms with Gasteiger partial charge < -0.3 is 15.7 Å². The van der Waals surface area contributed by atoms with Crippen LogP contribution in [0.2, 0.25) is 0 Å². The minimum Gasteiger partial charge on any atom is -0.481 e. The highest BCUT2D eigenvalue weighted by atomic mass is 32.1. The maximum absolute atomic E-state index is 11.6. The van der Waals surface area contributed by atoms with Crippen LogP contribution in [0.5, 0.6) is 0 Å². The molecule has 20 heavy (non-hydrogen) atoms. The quantitative estimate of drug-likeness (QED) is 0.673. The first-order valence-corrected chi connectivity index (χ1v) is 7.23. The molecule has 6 nitrogen and oxygen atoms in total. The monoisotopic (exact) mass is 298 g/mol. The number of carbonyl (C=O) groups is 3. The number of rotatable bonds is 8. The zero-order valence-corrected chi connectivity index (χ0v) is 12.0. The Balaban J connectivity index is 2.25. The molecule has 0 aliphatic rings. The van der Waals surface area contributed by atoms with Crippen LogP contribution in [0.15, 0.2) is 17.5 Å². The Morgan fingerprint density at radius 1 is 1.40 bits per heavy atom. The first-order chi connectivity index (χ1) is 9.52. The molecule has 7 heteroatoms. The van der Waals surface area contributed by atoms with Gasteiger partial charge in [0.05, 0.1) is 11.3 Å². The van der Waals surface area contributed by atoms with Crippen molar-refractivity contribution in [3.05, 3.63) is 22.4 Å². The molecule has 2 amide bonds. The molecule has 1 unspecified atom stereocenters. The molecular formula is C13H18N2O4S. The van der Waals surface area contributed by atoms with Crippen molar-refractivity contribution in [1.82, 2.24) is 10.6 Å². The van der Waals surface area contributed by atoms with Crippen LogP contribution >= 0.6 is 11.3 Å². The average molecular weight is 298 g/mol. The van der Waals surface area contributed by atoms with E-state index in [2.05, 4.69) is 10.6 Å². The third-order valence-corrected chi connectivity index (χ3v) is 3.53. The number of nitrogens with one attached hydrogen (secondary N) is 2. The van der Waals surface area contributed by atoms with Gasteiger partial charge in [-0.25, -0.2) is 0 Å². The molecule has 0 saturated heterocycles. The first kappa shape index (κ1) is 16.2. The molecule has 0 spiro atoms. The lowest BCUT2D eigenvalue weighted by atomic mass is 10.1. The van der Waals surface area contributed by atoms with Gasteiger partial charge in [0.15, 0.2) is 0 Å². The summed E-state index contributed by atoms with van der Waals surface area (Å²) in [5, 5.41) is 15.8. The normalized spacial score (nSPS) is 11.7. The van der Waals surface area contributed by atoms with E-state index in [-0.39, 0.29) is 37.2 Å². The zero-order valence-electron chi connectivity index (χ0n) is 11.2. The molecule has 1 atom stereocenters. The van der Waals surface area contributed by atoms with E-state index in [1.165, 1.54) is 11.3 Å². The van der Waals surface area contributed by atoms with E-state index in [4.69, 9.17) is 5.11 Å². The average Bonchev–Trinajstić information content (AvgIpc) is 2.91. The number of carboxylic acids is 1. The Kier molecular flexibility index (Phi) is 6.72. The van der Waals surface area contributed by atoms with Gasteiger partial charge in [0.2, 0.25) is 5.91 Å². The number of aliphatic carboxylic acids is 1. The van der Waals surface area contributed by atoms with Crippen molar-refractivity contribution in [2.75, 3.05) is 6.54 Å². The van der Waals surface area contributed by atoms with E-state index in [1.807, 2.05) is 6.92 Å². The molecule has 0 aliphatic heterocycles.